The van der Waals surface area contributed by atoms with Gasteiger partial charge in [-0.15, -0.1) is 0 Å². The smallest absolute Gasteiger partial charge is 0.269 e. The third kappa shape index (κ3) is 5.03. The normalized spacial score (nSPS) is 15.2. The molecular formula is C26H23N3O6. The maximum atomic E-state index is 13.5. The van der Waals surface area contributed by atoms with E-state index in [0.717, 1.165) is 10.5 Å². The molecule has 1 aliphatic rings. The number of rotatable bonds is 8. The highest BCUT2D eigenvalue weighted by molar-refractivity contribution is 6.23. The number of nitro groups is 1. The highest BCUT2D eigenvalue weighted by Gasteiger charge is 2.44. The fourth-order valence-electron chi connectivity index (χ4n) is 4.05. The van der Waals surface area contributed by atoms with Gasteiger partial charge in [-0.2, -0.15) is 0 Å². The van der Waals surface area contributed by atoms with Crippen LogP contribution >= 0.6 is 0 Å². The first-order valence-corrected chi connectivity index (χ1v) is 11.0. The van der Waals surface area contributed by atoms with Gasteiger partial charge in [-0.25, -0.2) is 4.90 Å². The minimum atomic E-state index is -0.990. The van der Waals surface area contributed by atoms with Crippen LogP contribution in [0, 0.1) is 10.1 Å². The summed E-state index contributed by atoms with van der Waals surface area (Å²) in [7, 11) is 1.52. The highest BCUT2D eigenvalue weighted by Crippen LogP contribution is 2.28. The lowest BCUT2D eigenvalue weighted by Crippen LogP contribution is -2.46. The molecule has 0 N–H and O–H groups in total. The average Bonchev–Trinajstić information content (AvgIpc) is 3.18. The molecule has 0 saturated carbocycles. The Balaban J connectivity index is 1.62. The zero-order valence-electron chi connectivity index (χ0n) is 19.0. The Bertz CT molecular complexity index is 1240. The van der Waals surface area contributed by atoms with Gasteiger partial charge in [-0.1, -0.05) is 30.3 Å². The Morgan fingerprint density at radius 1 is 1.03 bits per heavy atom. The summed E-state index contributed by atoms with van der Waals surface area (Å²) in [6.07, 6.45) is 0.318. The van der Waals surface area contributed by atoms with E-state index in [1.54, 1.807) is 24.3 Å². The van der Waals surface area contributed by atoms with Crippen molar-refractivity contribution in [3.63, 3.8) is 0 Å². The molecule has 9 nitrogen and oxygen atoms in total. The molecule has 3 aromatic carbocycles. The fraction of sp³-hybridized carbons (Fsp3) is 0.192. The molecule has 9 heteroatoms. The van der Waals surface area contributed by atoms with Crippen molar-refractivity contribution in [3.05, 3.63) is 100 Å². The molecule has 4 rings (SSSR count). The van der Waals surface area contributed by atoms with E-state index in [1.165, 1.54) is 36.3 Å². The Kier molecular flexibility index (Phi) is 6.86. The highest BCUT2D eigenvalue weighted by atomic mass is 16.6. The van der Waals surface area contributed by atoms with Crippen molar-refractivity contribution < 1.29 is 24.0 Å². The second-order valence-corrected chi connectivity index (χ2v) is 8.02. The Hall–Kier alpha value is -4.53. The first kappa shape index (κ1) is 23.6. The van der Waals surface area contributed by atoms with E-state index in [4.69, 9.17) is 4.74 Å². The van der Waals surface area contributed by atoms with Gasteiger partial charge in [0.15, 0.2) is 0 Å². The maximum absolute atomic E-state index is 13.5. The van der Waals surface area contributed by atoms with Gasteiger partial charge in [0.05, 0.1) is 24.1 Å². The zero-order valence-corrected chi connectivity index (χ0v) is 19.0. The number of anilines is 1. The molecule has 1 heterocycles. The predicted octanol–water partition coefficient (Wildman–Crippen LogP) is 3.62. The predicted molar refractivity (Wildman–Crippen MR) is 128 cm³/mol. The van der Waals surface area contributed by atoms with Crippen LogP contribution in [0.3, 0.4) is 0 Å². The summed E-state index contributed by atoms with van der Waals surface area (Å²) >= 11 is 0. The van der Waals surface area contributed by atoms with Gasteiger partial charge in [0.25, 0.3) is 17.5 Å². The number of amides is 3. The van der Waals surface area contributed by atoms with Crippen molar-refractivity contribution in [2.75, 3.05) is 18.6 Å². The number of imide groups is 1. The van der Waals surface area contributed by atoms with Crippen molar-refractivity contribution in [3.8, 4) is 5.75 Å². The van der Waals surface area contributed by atoms with Gasteiger partial charge in [0.1, 0.15) is 11.8 Å². The summed E-state index contributed by atoms with van der Waals surface area (Å²) in [5.74, 6) is -0.796. The summed E-state index contributed by atoms with van der Waals surface area (Å²) < 4.78 is 5.14. The number of hydrogen-bond donors (Lipinski definition) is 0. The summed E-state index contributed by atoms with van der Waals surface area (Å²) in [6.45, 7) is 0.194. The topological polar surface area (TPSA) is 110 Å². The Labute approximate surface area is 201 Å². The molecule has 0 radical (unpaired) electrons. The van der Waals surface area contributed by atoms with E-state index >= 15 is 0 Å². The van der Waals surface area contributed by atoms with Crippen molar-refractivity contribution in [1.29, 1.82) is 0 Å². The SMILES string of the molecule is COc1ccc(N2C(=O)CC(N(CCc3ccccc3)C(=O)c3ccc([N+](=O)[O-])cc3)C2=O)cc1. The summed E-state index contributed by atoms with van der Waals surface area (Å²) in [6, 6.07) is 20.2. The van der Waals surface area contributed by atoms with E-state index in [0.29, 0.717) is 17.9 Å². The molecule has 3 aromatic rings. The molecule has 0 aromatic heterocycles. The van der Waals surface area contributed by atoms with Crippen LogP contribution in [0.4, 0.5) is 11.4 Å². The van der Waals surface area contributed by atoms with E-state index < -0.39 is 28.7 Å². The average molecular weight is 473 g/mol. The van der Waals surface area contributed by atoms with Crippen LogP contribution in [0.5, 0.6) is 5.75 Å². The molecule has 1 saturated heterocycles. The standard InChI is InChI=1S/C26H23N3O6/c1-35-22-13-11-20(12-14-22)28-24(30)17-23(26(28)32)27(16-15-18-5-3-2-4-6-18)25(31)19-7-9-21(10-8-19)29(33)34/h2-14,23H,15-17H2,1H3. The lowest BCUT2D eigenvalue weighted by Gasteiger charge is -2.28. The Morgan fingerprint density at radius 3 is 2.29 bits per heavy atom. The largest absolute Gasteiger partial charge is 0.497 e. The van der Waals surface area contributed by atoms with Gasteiger partial charge in [-0.3, -0.25) is 24.5 Å². The lowest BCUT2D eigenvalue weighted by atomic mass is 10.1. The monoisotopic (exact) mass is 473 g/mol. The number of hydrogen-bond acceptors (Lipinski definition) is 6. The second kappa shape index (κ2) is 10.2. The number of methoxy groups -OCH3 is 1. The number of benzene rings is 3. The van der Waals surface area contributed by atoms with Crippen LogP contribution in [-0.2, 0) is 16.0 Å². The zero-order chi connectivity index (χ0) is 24.9. The molecule has 1 unspecified atom stereocenters. The molecule has 178 valence electrons. The maximum Gasteiger partial charge on any atom is 0.269 e. The van der Waals surface area contributed by atoms with E-state index in [2.05, 4.69) is 0 Å². The molecule has 1 fully saturated rings. The number of carbonyl (C=O) groups excluding carboxylic acids is 3. The van der Waals surface area contributed by atoms with Crippen LogP contribution in [0.15, 0.2) is 78.9 Å². The fourth-order valence-corrected chi connectivity index (χ4v) is 4.05. The Morgan fingerprint density at radius 2 is 1.69 bits per heavy atom. The minimum absolute atomic E-state index is 0.143. The van der Waals surface area contributed by atoms with Gasteiger partial charge in [0, 0.05) is 24.2 Å². The van der Waals surface area contributed by atoms with Gasteiger partial charge >= 0.3 is 0 Å². The number of nitrogens with zero attached hydrogens (tertiary/aromatic N) is 3. The van der Waals surface area contributed by atoms with E-state index in [-0.39, 0.29) is 24.2 Å². The van der Waals surface area contributed by atoms with Crippen LogP contribution in [0.2, 0.25) is 0 Å². The summed E-state index contributed by atoms with van der Waals surface area (Å²) in [5, 5.41) is 11.0. The van der Waals surface area contributed by atoms with Gasteiger partial charge in [-0.05, 0) is 48.4 Å². The third-order valence-electron chi connectivity index (χ3n) is 5.90. The number of nitro benzene ring substituents is 1. The first-order valence-electron chi connectivity index (χ1n) is 11.0. The van der Waals surface area contributed by atoms with Crippen LogP contribution < -0.4 is 9.64 Å². The molecule has 0 bridgehead atoms. The molecule has 0 spiro atoms. The van der Waals surface area contributed by atoms with Crippen molar-refractivity contribution in [2.24, 2.45) is 0 Å². The van der Waals surface area contributed by atoms with Crippen LogP contribution in [0.25, 0.3) is 0 Å². The van der Waals surface area contributed by atoms with Gasteiger partial charge in [0.2, 0.25) is 5.91 Å². The molecule has 3 amide bonds. The van der Waals surface area contributed by atoms with Crippen LogP contribution in [-0.4, -0.2) is 47.2 Å². The molecule has 35 heavy (non-hydrogen) atoms. The molecule has 1 atom stereocenters. The number of carbonyl (C=O) groups is 3. The minimum Gasteiger partial charge on any atom is -0.497 e. The first-order chi connectivity index (χ1) is 16.9. The number of ether oxygens (including phenoxy) is 1. The van der Waals surface area contributed by atoms with Crippen molar-refractivity contribution >= 4 is 29.1 Å². The number of non-ortho nitro benzene ring substituents is 1. The van der Waals surface area contributed by atoms with Gasteiger partial charge < -0.3 is 9.64 Å². The summed E-state index contributed by atoms with van der Waals surface area (Å²) in [4.78, 5) is 52.6. The lowest BCUT2D eigenvalue weighted by molar-refractivity contribution is -0.384. The van der Waals surface area contributed by atoms with Crippen LogP contribution in [0.1, 0.15) is 22.3 Å². The quantitative estimate of drug-likeness (QED) is 0.281. The molecule has 0 aliphatic carbocycles. The van der Waals surface area contributed by atoms with Crippen molar-refractivity contribution in [2.45, 2.75) is 18.9 Å². The van der Waals surface area contributed by atoms with E-state index in [9.17, 15) is 24.5 Å². The summed E-state index contributed by atoms with van der Waals surface area (Å²) in [5.41, 5.74) is 1.42. The second-order valence-electron chi connectivity index (χ2n) is 8.02. The molecule has 1 aliphatic heterocycles. The molecular weight excluding hydrogens is 450 g/mol. The van der Waals surface area contributed by atoms with Crippen molar-refractivity contribution in [1.82, 2.24) is 4.90 Å². The van der Waals surface area contributed by atoms with E-state index in [1.807, 2.05) is 30.3 Å². The third-order valence-corrected chi connectivity index (χ3v) is 5.90.